The topological polar surface area (TPSA) is 114 Å². The third-order valence-electron chi connectivity index (χ3n) is 5.44. The van der Waals surface area contributed by atoms with Crippen molar-refractivity contribution in [2.45, 2.75) is 18.2 Å². The second kappa shape index (κ2) is 10.4. The molecular formula is C26H23N3O5. The van der Waals surface area contributed by atoms with Crippen LogP contribution in [0.2, 0.25) is 0 Å². The summed E-state index contributed by atoms with van der Waals surface area (Å²) < 4.78 is 5.46. The van der Waals surface area contributed by atoms with Gasteiger partial charge in [-0.3, -0.25) is 14.4 Å². The van der Waals surface area contributed by atoms with E-state index in [9.17, 15) is 19.2 Å². The molecule has 0 bridgehead atoms. The maximum Gasteiger partial charge on any atom is 0.331 e. The molecule has 1 aliphatic rings. The van der Waals surface area contributed by atoms with Crippen molar-refractivity contribution < 1.29 is 23.9 Å². The molecule has 0 unspecified atom stereocenters. The van der Waals surface area contributed by atoms with Gasteiger partial charge in [0, 0.05) is 16.7 Å². The molecule has 0 radical (unpaired) electrons. The molecule has 3 aromatic rings. The summed E-state index contributed by atoms with van der Waals surface area (Å²) in [6.07, 6.45) is -0.881. The number of rotatable bonds is 7. The minimum absolute atomic E-state index is 0.0447. The van der Waals surface area contributed by atoms with Crippen molar-refractivity contribution in [3.8, 4) is 0 Å². The van der Waals surface area contributed by atoms with E-state index in [1.54, 1.807) is 91.0 Å². The van der Waals surface area contributed by atoms with Gasteiger partial charge in [0.15, 0.2) is 6.04 Å². The summed E-state index contributed by atoms with van der Waals surface area (Å²) in [6, 6.07) is 23.5. The molecule has 0 saturated carbocycles. The molecule has 1 heterocycles. The van der Waals surface area contributed by atoms with Crippen LogP contribution in [-0.2, 0) is 9.53 Å². The van der Waals surface area contributed by atoms with Crippen molar-refractivity contribution in [1.29, 1.82) is 0 Å². The number of ether oxygens (including phenoxy) is 1. The Bertz CT molecular complexity index is 1170. The number of hydrogen-bond acceptors (Lipinski definition) is 5. The number of carbonyl (C=O) groups is 4. The van der Waals surface area contributed by atoms with Crippen LogP contribution in [0, 0.1) is 0 Å². The summed E-state index contributed by atoms with van der Waals surface area (Å²) in [5.74, 6) is -1.94. The maximum atomic E-state index is 12.8. The molecule has 4 rings (SSSR count). The highest BCUT2D eigenvalue weighted by Gasteiger charge is 2.46. The van der Waals surface area contributed by atoms with Gasteiger partial charge in [-0.2, -0.15) is 0 Å². The van der Waals surface area contributed by atoms with Gasteiger partial charge in [0.2, 0.25) is 0 Å². The predicted octanol–water partition coefficient (Wildman–Crippen LogP) is 1.94. The number of hydrogen-bond donors (Lipinski definition) is 3. The van der Waals surface area contributed by atoms with Crippen molar-refractivity contribution in [3.05, 3.63) is 108 Å². The number of cyclic esters (lactones) is 1. The average Bonchev–Trinajstić information content (AvgIpc) is 3.17. The SMILES string of the molecule is O=C(NC[C@H]1OC(=O)[C@@H](NC(=O)c2ccccc2)[C@@H]1NC(=O)c1ccccc1)c1ccccc1. The first-order valence-corrected chi connectivity index (χ1v) is 10.8. The molecule has 1 saturated heterocycles. The number of carbonyl (C=O) groups excluding carboxylic acids is 4. The Morgan fingerprint density at radius 2 is 1.09 bits per heavy atom. The summed E-state index contributed by atoms with van der Waals surface area (Å²) in [5, 5.41) is 8.19. The van der Waals surface area contributed by atoms with Gasteiger partial charge in [0.25, 0.3) is 17.7 Å². The molecule has 8 nitrogen and oxygen atoms in total. The van der Waals surface area contributed by atoms with Crippen molar-refractivity contribution in [2.75, 3.05) is 6.54 Å². The van der Waals surface area contributed by atoms with E-state index in [0.717, 1.165) is 0 Å². The first-order chi connectivity index (χ1) is 16.5. The normalized spacial score (nSPS) is 19.1. The van der Waals surface area contributed by atoms with Crippen molar-refractivity contribution in [2.24, 2.45) is 0 Å². The van der Waals surface area contributed by atoms with Crippen molar-refractivity contribution in [1.82, 2.24) is 16.0 Å². The fourth-order valence-electron chi connectivity index (χ4n) is 3.67. The second-order valence-corrected chi connectivity index (χ2v) is 7.73. The Morgan fingerprint density at radius 1 is 0.647 bits per heavy atom. The Labute approximate surface area is 196 Å². The quantitative estimate of drug-likeness (QED) is 0.469. The number of nitrogens with one attached hydrogen (secondary N) is 3. The maximum absolute atomic E-state index is 12.8. The summed E-state index contributed by atoms with van der Waals surface area (Å²) in [5.41, 5.74) is 1.21. The molecule has 3 aromatic carbocycles. The molecule has 3 N–H and O–H groups in total. The smallest absolute Gasteiger partial charge is 0.331 e. The fraction of sp³-hybridized carbons (Fsp3) is 0.154. The van der Waals surface area contributed by atoms with Crippen LogP contribution in [0.1, 0.15) is 31.1 Å². The van der Waals surface area contributed by atoms with E-state index in [2.05, 4.69) is 16.0 Å². The monoisotopic (exact) mass is 457 g/mol. The van der Waals surface area contributed by atoms with E-state index in [1.165, 1.54) is 0 Å². The Kier molecular flexibility index (Phi) is 6.98. The van der Waals surface area contributed by atoms with E-state index in [1.807, 2.05) is 0 Å². The number of amides is 3. The lowest BCUT2D eigenvalue weighted by molar-refractivity contribution is -0.142. The van der Waals surface area contributed by atoms with Crippen molar-refractivity contribution >= 4 is 23.7 Å². The zero-order chi connectivity index (χ0) is 23.9. The molecule has 3 atom stereocenters. The molecule has 0 aliphatic carbocycles. The fourth-order valence-corrected chi connectivity index (χ4v) is 3.67. The zero-order valence-electron chi connectivity index (χ0n) is 18.1. The third kappa shape index (κ3) is 5.29. The van der Waals surface area contributed by atoms with E-state index < -0.39 is 36.0 Å². The standard InChI is InChI=1S/C26H23N3O5/c30-23(17-10-4-1-5-11-17)27-16-20-21(28-24(31)18-12-6-2-7-13-18)22(26(33)34-20)29-25(32)19-14-8-3-9-15-19/h1-15,20-22H,16H2,(H,27,30)(H,28,31)(H,29,32)/t20-,21-,22+/m1/s1. The van der Waals surface area contributed by atoms with Crippen LogP contribution in [0.3, 0.4) is 0 Å². The average molecular weight is 457 g/mol. The van der Waals surface area contributed by atoms with E-state index in [4.69, 9.17) is 4.74 Å². The Hall–Kier alpha value is -4.46. The summed E-state index contributed by atoms with van der Waals surface area (Å²) in [4.78, 5) is 50.7. The van der Waals surface area contributed by atoms with E-state index in [-0.39, 0.29) is 12.5 Å². The lowest BCUT2D eigenvalue weighted by atomic mass is 10.0. The molecule has 8 heteroatoms. The van der Waals surface area contributed by atoms with E-state index in [0.29, 0.717) is 16.7 Å². The second-order valence-electron chi connectivity index (χ2n) is 7.73. The molecular weight excluding hydrogens is 434 g/mol. The van der Waals surface area contributed by atoms with Gasteiger partial charge in [-0.25, -0.2) is 4.79 Å². The van der Waals surface area contributed by atoms with Crippen LogP contribution in [0.25, 0.3) is 0 Å². The van der Waals surface area contributed by atoms with Crippen LogP contribution in [0.4, 0.5) is 0 Å². The van der Waals surface area contributed by atoms with Crippen LogP contribution in [-0.4, -0.2) is 48.4 Å². The molecule has 0 aromatic heterocycles. The Balaban J connectivity index is 1.51. The lowest BCUT2D eigenvalue weighted by Gasteiger charge is -2.23. The first kappa shape index (κ1) is 22.7. The highest BCUT2D eigenvalue weighted by molar-refractivity contribution is 5.99. The summed E-state index contributed by atoms with van der Waals surface area (Å²) >= 11 is 0. The summed E-state index contributed by atoms with van der Waals surface area (Å²) in [6.45, 7) is -0.0447. The minimum atomic E-state index is -1.13. The lowest BCUT2D eigenvalue weighted by Crippen LogP contribution is -2.56. The van der Waals surface area contributed by atoms with Crippen LogP contribution in [0.15, 0.2) is 91.0 Å². The summed E-state index contributed by atoms with van der Waals surface area (Å²) in [7, 11) is 0. The van der Waals surface area contributed by atoms with Gasteiger partial charge in [0.05, 0.1) is 12.6 Å². The predicted molar refractivity (Wildman–Crippen MR) is 124 cm³/mol. The van der Waals surface area contributed by atoms with Crippen molar-refractivity contribution in [3.63, 3.8) is 0 Å². The molecule has 0 spiro atoms. The highest BCUT2D eigenvalue weighted by atomic mass is 16.6. The van der Waals surface area contributed by atoms with Gasteiger partial charge in [-0.1, -0.05) is 54.6 Å². The molecule has 3 amide bonds. The number of esters is 1. The van der Waals surface area contributed by atoms with Crippen LogP contribution >= 0.6 is 0 Å². The molecule has 34 heavy (non-hydrogen) atoms. The van der Waals surface area contributed by atoms with Gasteiger partial charge in [-0.05, 0) is 36.4 Å². The van der Waals surface area contributed by atoms with Crippen LogP contribution in [0.5, 0.6) is 0 Å². The largest absolute Gasteiger partial charge is 0.457 e. The van der Waals surface area contributed by atoms with Gasteiger partial charge < -0.3 is 20.7 Å². The molecule has 1 fully saturated rings. The molecule has 172 valence electrons. The van der Waals surface area contributed by atoms with Gasteiger partial charge in [0.1, 0.15) is 6.10 Å². The van der Waals surface area contributed by atoms with Crippen LogP contribution < -0.4 is 16.0 Å². The number of benzene rings is 3. The zero-order valence-corrected chi connectivity index (χ0v) is 18.1. The van der Waals surface area contributed by atoms with E-state index >= 15 is 0 Å². The van der Waals surface area contributed by atoms with Gasteiger partial charge >= 0.3 is 5.97 Å². The minimum Gasteiger partial charge on any atom is -0.457 e. The Morgan fingerprint density at radius 3 is 1.59 bits per heavy atom. The highest BCUT2D eigenvalue weighted by Crippen LogP contribution is 2.18. The van der Waals surface area contributed by atoms with Gasteiger partial charge in [-0.15, -0.1) is 0 Å². The molecule has 1 aliphatic heterocycles. The third-order valence-corrected chi connectivity index (χ3v) is 5.44. The first-order valence-electron chi connectivity index (χ1n) is 10.8.